The molecule has 0 bridgehead atoms. The molecular formula is C23H26FN3O3. The molecule has 0 atom stereocenters. The van der Waals surface area contributed by atoms with E-state index in [4.69, 9.17) is 4.74 Å². The number of nitrogens with one attached hydrogen (secondary N) is 2. The SMILES string of the molecule is O=C(Nc1cccc2c1CCN2)OCCN1CCC(C(=O)c2ccc(F)cc2)CC1. The quantitative estimate of drug-likeness (QED) is 0.705. The Hall–Kier alpha value is -2.93. The predicted molar refractivity (Wildman–Crippen MR) is 114 cm³/mol. The van der Waals surface area contributed by atoms with E-state index in [0.717, 1.165) is 55.8 Å². The average Bonchev–Trinajstić information content (AvgIpc) is 3.24. The number of carbonyl (C=O) groups is 2. The van der Waals surface area contributed by atoms with Gasteiger partial charge in [0.25, 0.3) is 0 Å². The van der Waals surface area contributed by atoms with Crippen molar-refractivity contribution in [2.24, 2.45) is 5.92 Å². The number of ether oxygens (including phenoxy) is 1. The van der Waals surface area contributed by atoms with Crippen molar-refractivity contribution in [1.82, 2.24) is 4.90 Å². The van der Waals surface area contributed by atoms with E-state index >= 15 is 0 Å². The van der Waals surface area contributed by atoms with Gasteiger partial charge in [-0.2, -0.15) is 0 Å². The molecule has 0 aliphatic carbocycles. The molecule has 1 amide bonds. The highest BCUT2D eigenvalue weighted by molar-refractivity contribution is 5.97. The third kappa shape index (κ3) is 4.79. The molecule has 0 aromatic heterocycles. The third-order valence-corrected chi connectivity index (χ3v) is 5.83. The number of benzene rings is 2. The zero-order chi connectivity index (χ0) is 20.9. The number of piperidine rings is 1. The molecule has 6 nitrogen and oxygen atoms in total. The number of ketones is 1. The fourth-order valence-corrected chi connectivity index (χ4v) is 4.14. The minimum Gasteiger partial charge on any atom is -0.448 e. The Morgan fingerprint density at radius 1 is 1.13 bits per heavy atom. The summed E-state index contributed by atoms with van der Waals surface area (Å²) in [5.41, 5.74) is 3.54. The summed E-state index contributed by atoms with van der Waals surface area (Å²) in [5, 5.41) is 6.12. The van der Waals surface area contributed by atoms with E-state index in [1.807, 2.05) is 18.2 Å². The molecular weight excluding hydrogens is 385 g/mol. The maximum Gasteiger partial charge on any atom is 0.411 e. The van der Waals surface area contributed by atoms with Crippen LogP contribution in [0.4, 0.5) is 20.6 Å². The Balaban J connectivity index is 1.18. The van der Waals surface area contributed by atoms with Gasteiger partial charge < -0.3 is 10.1 Å². The van der Waals surface area contributed by atoms with Gasteiger partial charge in [0.1, 0.15) is 12.4 Å². The predicted octanol–water partition coefficient (Wildman–Crippen LogP) is 3.94. The van der Waals surface area contributed by atoms with Crippen LogP contribution in [-0.2, 0) is 11.2 Å². The minimum atomic E-state index is -0.448. The van der Waals surface area contributed by atoms with Crippen LogP contribution in [0, 0.1) is 11.7 Å². The number of rotatable bonds is 6. The van der Waals surface area contributed by atoms with Crippen LogP contribution in [0.15, 0.2) is 42.5 Å². The molecule has 4 rings (SSSR count). The second-order valence-corrected chi connectivity index (χ2v) is 7.76. The van der Waals surface area contributed by atoms with Crippen LogP contribution in [0.2, 0.25) is 0 Å². The van der Waals surface area contributed by atoms with E-state index in [9.17, 15) is 14.0 Å². The number of nitrogens with zero attached hydrogens (tertiary/aromatic N) is 1. The Morgan fingerprint density at radius 3 is 2.67 bits per heavy atom. The average molecular weight is 411 g/mol. The van der Waals surface area contributed by atoms with Gasteiger partial charge in [0.05, 0.1) is 0 Å². The number of amides is 1. The zero-order valence-corrected chi connectivity index (χ0v) is 16.8. The Morgan fingerprint density at radius 2 is 1.90 bits per heavy atom. The van der Waals surface area contributed by atoms with Gasteiger partial charge in [-0.05, 0) is 68.8 Å². The normalized spacial score (nSPS) is 16.6. The van der Waals surface area contributed by atoms with Crippen molar-refractivity contribution in [3.05, 3.63) is 59.4 Å². The first-order chi connectivity index (χ1) is 14.6. The monoisotopic (exact) mass is 411 g/mol. The molecule has 0 radical (unpaired) electrons. The summed E-state index contributed by atoms with van der Waals surface area (Å²) in [6.45, 7) is 3.37. The fourth-order valence-electron chi connectivity index (χ4n) is 4.14. The lowest BCUT2D eigenvalue weighted by Gasteiger charge is -2.31. The van der Waals surface area contributed by atoms with E-state index in [1.54, 1.807) is 12.1 Å². The molecule has 0 unspecified atom stereocenters. The summed E-state index contributed by atoms with van der Waals surface area (Å²) >= 11 is 0. The molecule has 30 heavy (non-hydrogen) atoms. The zero-order valence-electron chi connectivity index (χ0n) is 16.8. The first kappa shape index (κ1) is 20.3. The molecule has 7 heteroatoms. The maximum atomic E-state index is 13.0. The number of halogens is 1. The fraction of sp³-hybridized carbons (Fsp3) is 0.391. The number of hydrogen-bond acceptors (Lipinski definition) is 5. The standard InChI is InChI=1S/C23H26FN3O3/c24-18-6-4-16(5-7-18)22(28)17-9-12-27(13-10-17)14-15-30-23(29)26-21-3-1-2-20-19(21)8-11-25-20/h1-7,17,25H,8-15H2,(H,26,29). The Bertz CT molecular complexity index is 908. The molecule has 2 N–H and O–H groups in total. The van der Waals surface area contributed by atoms with E-state index in [-0.39, 0.29) is 17.5 Å². The van der Waals surface area contributed by atoms with Crippen LogP contribution in [0.25, 0.3) is 0 Å². The second kappa shape index (κ2) is 9.26. The summed E-state index contributed by atoms with van der Waals surface area (Å²) in [4.78, 5) is 26.9. The lowest BCUT2D eigenvalue weighted by atomic mass is 9.89. The smallest absolute Gasteiger partial charge is 0.411 e. The van der Waals surface area contributed by atoms with Crippen molar-refractivity contribution >= 4 is 23.3 Å². The molecule has 0 spiro atoms. The molecule has 2 aliphatic rings. The summed E-state index contributed by atoms with van der Waals surface area (Å²) in [6, 6.07) is 11.5. The Kier molecular flexibility index (Phi) is 6.28. The molecule has 2 aromatic carbocycles. The first-order valence-electron chi connectivity index (χ1n) is 10.4. The van der Waals surface area contributed by atoms with Gasteiger partial charge in [0.2, 0.25) is 0 Å². The van der Waals surface area contributed by atoms with Crippen LogP contribution in [0.3, 0.4) is 0 Å². The van der Waals surface area contributed by atoms with E-state index in [2.05, 4.69) is 15.5 Å². The highest BCUT2D eigenvalue weighted by Gasteiger charge is 2.26. The third-order valence-electron chi connectivity index (χ3n) is 5.83. The van der Waals surface area contributed by atoms with Crippen molar-refractivity contribution in [3.63, 3.8) is 0 Å². The van der Waals surface area contributed by atoms with Gasteiger partial charge in [-0.1, -0.05) is 6.07 Å². The summed E-state index contributed by atoms with van der Waals surface area (Å²) in [6.07, 6.45) is 1.95. The Labute approximate surface area is 175 Å². The van der Waals surface area contributed by atoms with Gasteiger partial charge in [0.15, 0.2) is 5.78 Å². The first-order valence-corrected chi connectivity index (χ1v) is 10.4. The minimum absolute atomic E-state index is 0.0373. The summed E-state index contributed by atoms with van der Waals surface area (Å²) in [5.74, 6) is -0.293. The highest BCUT2D eigenvalue weighted by Crippen LogP contribution is 2.29. The lowest BCUT2D eigenvalue weighted by molar-refractivity contribution is 0.0813. The molecule has 158 valence electrons. The van der Waals surface area contributed by atoms with Crippen molar-refractivity contribution in [3.8, 4) is 0 Å². The number of likely N-dealkylation sites (tertiary alicyclic amines) is 1. The maximum absolute atomic E-state index is 13.0. The van der Waals surface area contributed by atoms with Gasteiger partial charge in [-0.25, -0.2) is 9.18 Å². The van der Waals surface area contributed by atoms with Gasteiger partial charge in [-0.15, -0.1) is 0 Å². The van der Waals surface area contributed by atoms with Crippen molar-refractivity contribution < 1.29 is 18.7 Å². The van der Waals surface area contributed by atoms with Gasteiger partial charge in [0, 0.05) is 41.5 Å². The molecule has 2 heterocycles. The van der Waals surface area contributed by atoms with Crippen LogP contribution < -0.4 is 10.6 Å². The highest BCUT2D eigenvalue weighted by atomic mass is 19.1. The van der Waals surface area contributed by atoms with E-state index in [1.165, 1.54) is 12.1 Å². The van der Waals surface area contributed by atoms with Crippen LogP contribution in [0.5, 0.6) is 0 Å². The number of hydrogen-bond donors (Lipinski definition) is 2. The number of fused-ring (bicyclic) bond motifs is 1. The van der Waals surface area contributed by atoms with Crippen molar-refractivity contribution in [1.29, 1.82) is 0 Å². The van der Waals surface area contributed by atoms with Crippen molar-refractivity contribution in [2.45, 2.75) is 19.3 Å². The summed E-state index contributed by atoms with van der Waals surface area (Å²) < 4.78 is 18.4. The molecule has 2 aromatic rings. The van der Waals surface area contributed by atoms with Crippen LogP contribution in [-0.4, -0.2) is 49.6 Å². The number of anilines is 2. The van der Waals surface area contributed by atoms with E-state index < -0.39 is 6.09 Å². The number of Topliss-reactive ketones (excluding diaryl/α,β-unsaturated/α-hetero) is 1. The summed E-state index contributed by atoms with van der Waals surface area (Å²) in [7, 11) is 0. The van der Waals surface area contributed by atoms with E-state index in [0.29, 0.717) is 18.7 Å². The second-order valence-electron chi connectivity index (χ2n) is 7.76. The lowest BCUT2D eigenvalue weighted by Crippen LogP contribution is -2.38. The van der Waals surface area contributed by atoms with Crippen LogP contribution >= 0.6 is 0 Å². The van der Waals surface area contributed by atoms with Gasteiger partial charge >= 0.3 is 6.09 Å². The number of carbonyl (C=O) groups excluding carboxylic acids is 2. The van der Waals surface area contributed by atoms with Crippen molar-refractivity contribution in [2.75, 3.05) is 43.4 Å². The largest absolute Gasteiger partial charge is 0.448 e. The van der Waals surface area contributed by atoms with Gasteiger partial charge in [-0.3, -0.25) is 15.0 Å². The molecule has 1 saturated heterocycles. The molecule has 0 saturated carbocycles. The van der Waals surface area contributed by atoms with Crippen LogP contribution in [0.1, 0.15) is 28.8 Å². The molecule has 1 fully saturated rings. The topological polar surface area (TPSA) is 70.7 Å². The molecule has 2 aliphatic heterocycles.